The maximum atomic E-state index is 13.2. The minimum Gasteiger partial charge on any atom is -0.294 e. The summed E-state index contributed by atoms with van der Waals surface area (Å²) in [6, 6.07) is 4.63. The van der Waals surface area contributed by atoms with Crippen LogP contribution < -0.4 is 0 Å². The molecule has 0 heterocycles. The molecular weight excluding hydrogens is 191 g/mol. The SMILES string of the molecule is O=C1CCC2(CCC2)c2cc(F)ccc21. The van der Waals surface area contributed by atoms with E-state index in [-0.39, 0.29) is 17.0 Å². The van der Waals surface area contributed by atoms with Crippen LogP contribution in [0.1, 0.15) is 48.0 Å². The second-order valence-electron chi connectivity index (χ2n) is 4.75. The van der Waals surface area contributed by atoms with Gasteiger partial charge in [0.2, 0.25) is 0 Å². The van der Waals surface area contributed by atoms with E-state index in [9.17, 15) is 9.18 Å². The first kappa shape index (κ1) is 9.08. The number of benzene rings is 1. The molecule has 15 heavy (non-hydrogen) atoms. The lowest BCUT2D eigenvalue weighted by Crippen LogP contribution is -2.39. The van der Waals surface area contributed by atoms with Crippen LogP contribution in [0.3, 0.4) is 0 Å². The summed E-state index contributed by atoms with van der Waals surface area (Å²) in [6.45, 7) is 0. The summed E-state index contributed by atoms with van der Waals surface area (Å²) in [5.74, 6) is -0.0303. The summed E-state index contributed by atoms with van der Waals surface area (Å²) in [5, 5.41) is 0. The molecular formula is C13H13FO. The van der Waals surface area contributed by atoms with Crippen molar-refractivity contribution in [2.45, 2.75) is 37.5 Å². The molecule has 0 bridgehead atoms. The lowest BCUT2D eigenvalue weighted by Gasteiger charge is -2.45. The Kier molecular flexibility index (Phi) is 1.76. The molecule has 0 radical (unpaired) electrons. The van der Waals surface area contributed by atoms with Gasteiger partial charge in [-0.25, -0.2) is 4.39 Å². The molecule has 0 N–H and O–H groups in total. The van der Waals surface area contributed by atoms with E-state index in [0.29, 0.717) is 6.42 Å². The van der Waals surface area contributed by atoms with Gasteiger partial charge in [-0.15, -0.1) is 0 Å². The first-order valence-electron chi connectivity index (χ1n) is 5.55. The maximum Gasteiger partial charge on any atom is 0.163 e. The number of ketones is 1. The number of carbonyl (C=O) groups is 1. The van der Waals surface area contributed by atoms with Crippen molar-refractivity contribution in [3.05, 3.63) is 35.1 Å². The molecule has 78 valence electrons. The Balaban J connectivity index is 2.18. The minimum absolute atomic E-state index is 0.144. The number of Topliss-reactive ketones (excluding diaryl/α,β-unsaturated/α-hetero) is 1. The van der Waals surface area contributed by atoms with Gasteiger partial charge in [-0.05, 0) is 48.4 Å². The van der Waals surface area contributed by atoms with Crippen molar-refractivity contribution < 1.29 is 9.18 Å². The Hall–Kier alpha value is -1.18. The van der Waals surface area contributed by atoms with Crippen LogP contribution in [-0.2, 0) is 5.41 Å². The molecule has 0 aliphatic heterocycles. The number of halogens is 1. The summed E-state index contributed by atoms with van der Waals surface area (Å²) < 4.78 is 13.2. The monoisotopic (exact) mass is 204 g/mol. The van der Waals surface area contributed by atoms with Crippen molar-refractivity contribution in [3.63, 3.8) is 0 Å². The zero-order valence-electron chi connectivity index (χ0n) is 8.55. The minimum atomic E-state index is -0.213. The molecule has 1 nitrogen and oxygen atoms in total. The highest BCUT2D eigenvalue weighted by atomic mass is 19.1. The zero-order valence-corrected chi connectivity index (χ0v) is 8.55. The number of rotatable bonds is 0. The van der Waals surface area contributed by atoms with Crippen molar-refractivity contribution in [1.29, 1.82) is 0 Å². The van der Waals surface area contributed by atoms with Crippen LogP contribution in [0.4, 0.5) is 4.39 Å². The van der Waals surface area contributed by atoms with Gasteiger partial charge in [0.15, 0.2) is 5.78 Å². The van der Waals surface area contributed by atoms with E-state index in [1.165, 1.54) is 12.5 Å². The molecule has 2 aliphatic carbocycles. The van der Waals surface area contributed by atoms with Gasteiger partial charge in [0.1, 0.15) is 5.82 Å². The first-order chi connectivity index (χ1) is 7.21. The van der Waals surface area contributed by atoms with Crippen molar-refractivity contribution in [2.75, 3.05) is 0 Å². The van der Waals surface area contributed by atoms with Gasteiger partial charge in [0.25, 0.3) is 0 Å². The van der Waals surface area contributed by atoms with E-state index in [1.54, 1.807) is 12.1 Å². The molecule has 0 atom stereocenters. The molecule has 0 saturated heterocycles. The third-order valence-corrected chi connectivity index (χ3v) is 3.99. The highest BCUT2D eigenvalue weighted by Crippen LogP contribution is 2.51. The standard InChI is InChI=1S/C13H13FO/c14-9-2-3-10-11(8-9)13(5-1-6-13)7-4-12(10)15/h2-3,8H,1,4-7H2. The van der Waals surface area contributed by atoms with Crippen molar-refractivity contribution in [3.8, 4) is 0 Å². The highest BCUT2D eigenvalue weighted by Gasteiger charge is 2.43. The third-order valence-electron chi connectivity index (χ3n) is 3.99. The first-order valence-corrected chi connectivity index (χ1v) is 5.55. The molecule has 0 unspecified atom stereocenters. The fourth-order valence-corrected chi connectivity index (χ4v) is 2.94. The van der Waals surface area contributed by atoms with Gasteiger partial charge in [0.05, 0.1) is 0 Å². The van der Waals surface area contributed by atoms with Crippen LogP contribution in [0, 0.1) is 5.82 Å². The van der Waals surface area contributed by atoms with Crippen LogP contribution in [0.2, 0.25) is 0 Å². The fraction of sp³-hybridized carbons (Fsp3) is 0.462. The number of carbonyl (C=O) groups excluding carboxylic acids is 1. The zero-order chi connectivity index (χ0) is 10.5. The van der Waals surface area contributed by atoms with Crippen LogP contribution in [-0.4, -0.2) is 5.78 Å². The Morgan fingerprint density at radius 1 is 1.20 bits per heavy atom. The van der Waals surface area contributed by atoms with Crippen LogP contribution >= 0.6 is 0 Å². The van der Waals surface area contributed by atoms with Crippen molar-refractivity contribution in [2.24, 2.45) is 0 Å². The number of fused-ring (bicyclic) bond motifs is 2. The van der Waals surface area contributed by atoms with Gasteiger partial charge in [-0.1, -0.05) is 6.42 Å². The van der Waals surface area contributed by atoms with E-state index < -0.39 is 0 Å². The Bertz CT molecular complexity index is 432. The topological polar surface area (TPSA) is 17.1 Å². The molecule has 3 rings (SSSR count). The van der Waals surface area contributed by atoms with Crippen LogP contribution in [0.5, 0.6) is 0 Å². The second-order valence-corrected chi connectivity index (χ2v) is 4.75. The van der Waals surface area contributed by atoms with Crippen molar-refractivity contribution >= 4 is 5.78 Å². The van der Waals surface area contributed by atoms with Gasteiger partial charge < -0.3 is 0 Å². The van der Waals surface area contributed by atoms with E-state index in [2.05, 4.69) is 0 Å². The Morgan fingerprint density at radius 3 is 2.67 bits per heavy atom. The quantitative estimate of drug-likeness (QED) is 0.634. The Labute approximate surface area is 88.3 Å². The molecule has 1 saturated carbocycles. The van der Waals surface area contributed by atoms with Gasteiger partial charge in [-0.2, -0.15) is 0 Å². The summed E-state index contributed by atoms with van der Waals surface area (Å²) in [4.78, 5) is 11.7. The lowest BCUT2D eigenvalue weighted by atomic mass is 9.58. The molecule has 1 spiro atoms. The summed E-state index contributed by atoms with van der Waals surface area (Å²) in [7, 11) is 0. The average Bonchev–Trinajstić information content (AvgIpc) is 2.15. The molecule has 1 fully saturated rings. The third kappa shape index (κ3) is 1.17. The lowest BCUT2D eigenvalue weighted by molar-refractivity contribution is 0.0920. The summed E-state index contributed by atoms with van der Waals surface area (Å²) in [5.41, 5.74) is 1.89. The van der Waals surface area contributed by atoms with Crippen LogP contribution in [0.25, 0.3) is 0 Å². The van der Waals surface area contributed by atoms with Crippen LogP contribution in [0.15, 0.2) is 18.2 Å². The number of hydrogen-bond donors (Lipinski definition) is 0. The molecule has 1 aromatic rings. The smallest absolute Gasteiger partial charge is 0.163 e. The van der Waals surface area contributed by atoms with E-state index in [1.807, 2.05) is 0 Å². The van der Waals surface area contributed by atoms with Gasteiger partial charge in [-0.3, -0.25) is 4.79 Å². The highest BCUT2D eigenvalue weighted by molar-refractivity contribution is 5.99. The van der Waals surface area contributed by atoms with E-state index in [0.717, 1.165) is 30.4 Å². The largest absolute Gasteiger partial charge is 0.294 e. The molecule has 2 heteroatoms. The maximum absolute atomic E-state index is 13.2. The summed E-state index contributed by atoms with van der Waals surface area (Å²) in [6.07, 6.45) is 5.01. The molecule has 0 aromatic heterocycles. The normalized spacial score (nSPS) is 22.3. The van der Waals surface area contributed by atoms with E-state index >= 15 is 0 Å². The van der Waals surface area contributed by atoms with Gasteiger partial charge in [0, 0.05) is 12.0 Å². The Morgan fingerprint density at radius 2 is 2.00 bits per heavy atom. The molecule has 1 aromatic carbocycles. The predicted molar refractivity (Wildman–Crippen MR) is 55.5 cm³/mol. The van der Waals surface area contributed by atoms with E-state index in [4.69, 9.17) is 0 Å². The average molecular weight is 204 g/mol. The molecule has 0 amide bonds. The van der Waals surface area contributed by atoms with Gasteiger partial charge >= 0.3 is 0 Å². The molecule has 2 aliphatic rings. The fourth-order valence-electron chi connectivity index (χ4n) is 2.94. The summed E-state index contributed by atoms with van der Waals surface area (Å²) >= 11 is 0. The second kappa shape index (κ2) is 2.91. The predicted octanol–water partition coefficient (Wildman–Crippen LogP) is 3.22. The number of hydrogen-bond acceptors (Lipinski definition) is 1. The van der Waals surface area contributed by atoms with Crippen molar-refractivity contribution in [1.82, 2.24) is 0 Å².